The van der Waals surface area contributed by atoms with E-state index in [0.29, 0.717) is 0 Å². The maximum atomic E-state index is 12.2. The number of carbonyl (C=O) groups excluding carboxylic acids is 1. The number of urea groups is 1. The number of phenolic OH excluding ortho intramolecular Hbond substituents is 1. The summed E-state index contributed by atoms with van der Waals surface area (Å²) in [5.41, 5.74) is 0.258. The average Bonchev–Trinajstić information content (AvgIpc) is 2.61. The zero-order valence-electron chi connectivity index (χ0n) is 13.2. The van der Waals surface area contributed by atoms with Crippen molar-refractivity contribution in [1.29, 1.82) is 5.26 Å². The van der Waals surface area contributed by atoms with E-state index in [1.54, 1.807) is 12.2 Å². The molecule has 26 heavy (non-hydrogen) atoms. The van der Waals surface area contributed by atoms with Crippen molar-refractivity contribution in [3.63, 3.8) is 0 Å². The minimum Gasteiger partial charge on any atom is -0.506 e. The number of nitrogens with zero attached hydrogens (tertiary/aromatic N) is 3. The Kier molecular flexibility index (Phi) is 5.05. The minimum atomic E-state index is -0.644. The number of hydrogen-bond donors (Lipinski definition) is 3. The van der Waals surface area contributed by atoms with Gasteiger partial charge in [-0.1, -0.05) is 11.6 Å². The number of halogens is 1. The lowest BCUT2D eigenvalue weighted by Gasteiger charge is -2.14. The Morgan fingerprint density at radius 2 is 2.00 bits per heavy atom. The highest BCUT2D eigenvalue weighted by molar-refractivity contribution is 6.32. The van der Waals surface area contributed by atoms with Crippen molar-refractivity contribution in [3.8, 4) is 23.4 Å². The second kappa shape index (κ2) is 7.58. The SMILES string of the molecule is N#Cc1ncc2nc1OC/C=C\COc1cc(O)c(Cl)cc1NC(=O)N2. The molecule has 0 unspecified atom stereocenters. The third-order valence-corrected chi connectivity index (χ3v) is 3.51. The standard InChI is InChI=1S/C16H12ClN5O4/c17-9-5-10-13(6-12(9)23)25-3-1-2-4-26-15-11(7-18)19-8-14(21-15)22-16(24)20-10/h1-2,5-6,8,23H,3-4H2,(H2,20,21,22,24)/b2-1-. The molecule has 0 saturated heterocycles. The zero-order valence-corrected chi connectivity index (χ0v) is 13.9. The summed E-state index contributed by atoms with van der Waals surface area (Å²) in [5, 5.41) is 23.8. The first kappa shape index (κ1) is 17.3. The van der Waals surface area contributed by atoms with Crippen LogP contribution in [-0.4, -0.2) is 34.3 Å². The maximum Gasteiger partial charge on any atom is 0.325 e. The molecule has 3 rings (SSSR count). The van der Waals surface area contributed by atoms with E-state index < -0.39 is 6.03 Å². The zero-order chi connectivity index (χ0) is 18.5. The second-order valence-corrected chi connectivity index (χ2v) is 5.40. The molecule has 3 N–H and O–H groups in total. The van der Waals surface area contributed by atoms with Crippen molar-refractivity contribution in [2.75, 3.05) is 23.8 Å². The van der Waals surface area contributed by atoms with Gasteiger partial charge in [0, 0.05) is 6.07 Å². The van der Waals surface area contributed by atoms with Crippen LogP contribution in [0.5, 0.6) is 17.4 Å². The molecule has 10 heteroatoms. The van der Waals surface area contributed by atoms with E-state index >= 15 is 0 Å². The number of hydrogen-bond acceptors (Lipinski definition) is 7. The summed E-state index contributed by atoms with van der Waals surface area (Å²) in [6.45, 7) is 0.276. The van der Waals surface area contributed by atoms with Crippen LogP contribution in [0.4, 0.5) is 16.3 Å². The average molecular weight is 374 g/mol. The van der Waals surface area contributed by atoms with Crippen LogP contribution in [0.2, 0.25) is 5.02 Å². The highest BCUT2D eigenvalue weighted by Crippen LogP contribution is 2.35. The van der Waals surface area contributed by atoms with E-state index in [2.05, 4.69) is 20.6 Å². The molecule has 1 aliphatic heterocycles. The van der Waals surface area contributed by atoms with Gasteiger partial charge >= 0.3 is 6.03 Å². The van der Waals surface area contributed by atoms with Crippen molar-refractivity contribution >= 4 is 29.1 Å². The van der Waals surface area contributed by atoms with Crippen LogP contribution in [0.1, 0.15) is 5.69 Å². The number of rotatable bonds is 0. The number of anilines is 2. The third kappa shape index (κ3) is 3.93. The van der Waals surface area contributed by atoms with Gasteiger partial charge in [0.15, 0.2) is 5.82 Å². The fourth-order valence-corrected chi connectivity index (χ4v) is 2.20. The normalized spacial score (nSPS) is 15.0. The van der Waals surface area contributed by atoms with Crippen molar-refractivity contribution in [1.82, 2.24) is 9.97 Å². The van der Waals surface area contributed by atoms with Crippen molar-refractivity contribution in [2.24, 2.45) is 0 Å². The van der Waals surface area contributed by atoms with Gasteiger partial charge in [-0.15, -0.1) is 0 Å². The van der Waals surface area contributed by atoms with Gasteiger partial charge in [0.2, 0.25) is 5.69 Å². The predicted molar refractivity (Wildman–Crippen MR) is 92.6 cm³/mol. The Labute approximate surface area is 152 Å². The summed E-state index contributed by atoms with van der Waals surface area (Å²) in [4.78, 5) is 20.2. The summed E-state index contributed by atoms with van der Waals surface area (Å²) in [6, 6.07) is 3.88. The van der Waals surface area contributed by atoms with Crippen LogP contribution >= 0.6 is 11.6 Å². The fourth-order valence-electron chi connectivity index (χ4n) is 2.04. The molecule has 0 fully saturated rings. The molecule has 2 aromatic rings. The molecule has 2 amide bonds. The van der Waals surface area contributed by atoms with Crippen molar-refractivity contribution < 1.29 is 19.4 Å². The number of amides is 2. The van der Waals surface area contributed by atoms with E-state index in [0.717, 1.165) is 0 Å². The Morgan fingerprint density at radius 1 is 1.23 bits per heavy atom. The van der Waals surface area contributed by atoms with Gasteiger partial charge in [0.05, 0.1) is 16.9 Å². The van der Waals surface area contributed by atoms with Crippen LogP contribution in [0.15, 0.2) is 30.5 Å². The predicted octanol–water partition coefficient (Wildman–Crippen LogP) is 2.68. The lowest BCUT2D eigenvalue weighted by atomic mass is 10.2. The van der Waals surface area contributed by atoms with E-state index in [9.17, 15) is 9.90 Å². The number of phenols is 1. The lowest BCUT2D eigenvalue weighted by Crippen LogP contribution is -2.21. The van der Waals surface area contributed by atoms with Crippen molar-refractivity contribution in [2.45, 2.75) is 0 Å². The number of aromatic hydroxyl groups is 1. The molecule has 1 aliphatic rings. The molecule has 132 valence electrons. The molecule has 0 saturated carbocycles. The number of carbonyl (C=O) groups is 1. The number of aromatic nitrogens is 2. The molecule has 2 bridgehead atoms. The molecule has 2 heterocycles. The number of benzene rings is 1. The largest absolute Gasteiger partial charge is 0.506 e. The molecule has 9 nitrogen and oxygen atoms in total. The van der Waals surface area contributed by atoms with Gasteiger partial charge in [0.25, 0.3) is 5.88 Å². The Hall–Kier alpha value is -3.51. The first-order chi connectivity index (χ1) is 12.6. The summed E-state index contributed by atoms with van der Waals surface area (Å²) in [5.74, 6) is 0.145. The Balaban J connectivity index is 1.95. The fraction of sp³-hybridized carbons (Fsp3) is 0.125. The first-order valence-electron chi connectivity index (χ1n) is 7.35. The summed E-state index contributed by atoms with van der Waals surface area (Å²) >= 11 is 5.89. The monoisotopic (exact) mass is 373 g/mol. The van der Waals surface area contributed by atoms with E-state index in [1.807, 2.05) is 6.07 Å². The number of fused-ring (bicyclic) bond motifs is 3. The molecule has 0 aliphatic carbocycles. The highest BCUT2D eigenvalue weighted by atomic mass is 35.5. The Bertz CT molecular complexity index is 926. The quantitative estimate of drug-likeness (QED) is 0.478. The number of nitriles is 1. The van der Waals surface area contributed by atoms with Gasteiger partial charge in [-0.05, 0) is 18.2 Å². The molecular formula is C16H12ClN5O4. The lowest BCUT2D eigenvalue weighted by molar-refractivity contribution is 0.261. The molecule has 1 aromatic carbocycles. The molecule has 1 aromatic heterocycles. The van der Waals surface area contributed by atoms with Gasteiger partial charge in [-0.3, -0.25) is 5.32 Å². The number of nitrogens with one attached hydrogen (secondary N) is 2. The van der Waals surface area contributed by atoms with E-state index in [4.69, 9.17) is 26.3 Å². The summed E-state index contributed by atoms with van der Waals surface area (Å²) < 4.78 is 10.9. The van der Waals surface area contributed by atoms with Crippen LogP contribution in [-0.2, 0) is 0 Å². The second-order valence-electron chi connectivity index (χ2n) is 4.99. The molecule has 0 atom stereocenters. The highest BCUT2D eigenvalue weighted by Gasteiger charge is 2.15. The van der Waals surface area contributed by atoms with Gasteiger partial charge in [0.1, 0.15) is 30.8 Å². The summed E-state index contributed by atoms with van der Waals surface area (Å²) in [6.07, 6.45) is 4.57. The third-order valence-electron chi connectivity index (χ3n) is 3.20. The minimum absolute atomic E-state index is 0.000282. The molecule has 0 radical (unpaired) electrons. The first-order valence-corrected chi connectivity index (χ1v) is 7.73. The van der Waals surface area contributed by atoms with Gasteiger partial charge < -0.3 is 19.9 Å². The number of ether oxygens (including phenoxy) is 2. The van der Waals surface area contributed by atoms with Crippen LogP contribution in [0.3, 0.4) is 0 Å². The Morgan fingerprint density at radius 3 is 2.77 bits per heavy atom. The van der Waals surface area contributed by atoms with E-state index in [1.165, 1.54) is 18.3 Å². The van der Waals surface area contributed by atoms with Crippen LogP contribution in [0, 0.1) is 11.3 Å². The van der Waals surface area contributed by atoms with Gasteiger partial charge in [-0.2, -0.15) is 10.2 Å². The molecular weight excluding hydrogens is 362 g/mol. The molecule has 0 spiro atoms. The smallest absolute Gasteiger partial charge is 0.325 e. The van der Waals surface area contributed by atoms with Crippen LogP contribution < -0.4 is 20.1 Å². The summed E-state index contributed by atoms with van der Waals surface area (Å²) in [7, 11) is 0. The maximum absolute atomic E-state index is 12.2. The topological polar surface area (TPSA) is 129 Å². The van der Waals surface area contributed by atoms with Crippen molar-refractivity contribution in [3.05, 3.63) is 41.2 Å². The van der Waals surface area contributed by atoms with Gasteiger partial charge in [-0.25, -0.2) is 9.78 Å². The van der Waals surface area contributed by atoms with E-state index in [-0.39, 0.29) is 52.8 Å². The van der Waals surface area contributed by atoms with Crippen LogP contribution in [0.25, 0.3) is 0 Å².